The van der Waals surface area contributed by atoms with Gasteiger partial charge in [0.2, 0.25) is 13.6 Å². The second-order valence-corrected chi connectivity index (χ2v) is 11.6. The highest BCUT2D eigenvalue weighted by molar-refractivity contribution is 5.98. The number of ether oxygens (including phenoxy) is 8. The summed E-state index contributed by atoms with van der Waals surface area (Å²) in [5.74, 6) is 4.89. The van der Waals surface area contributed by atoms with Gasteiger partial charge >= 0.3 is 0 Å². The van der Waals surface area contributed by atoms with Gasteiger partial charge in [-0.1, -0.05) is 12.1 Å². The van der Waals surface area contributed by atoms with Crippen molar-refractivity contribution >= 4 is 11.6 Å². The summed E-state index contributed by atoms with van der Waals surface area (Å²) in [6.45, 7) is 0.0421. The fourth-order valence-electron chi connectivity index (χ4n) is 6.29. The molecular formula is C37H34O10. The third-order valence-electron chi connectivity index (χ3n) is 8.86. The van der Waals surface area contributed by atoms with E-state index in [2.05, 4.69) is 0 Å². The van der Waals surface area contributed by atoms with Gasteiger partial charge < -0.3 is 37.9 Å². The van der Waals surface area contributed by atoms with Crippen LogP contribution in [0.5, 0.6) is 46.0 Å². The minimum absolute atomic E-state index is 0.130. The van der Waals surface area contributed by atoms with E-state index in [-0.39, 0.29) is 38.4 Å². The average Bonchev–Trinajstić information content (AvgIpc) is 3.90. The molecule has 0 amide bonds. The number of hydrogen-bond donors (Lipinski definition) is 0. The lowest BCUT2D eigenvalue weighted by molar-refractivity contribution is 0.0912. The lowest BCUT2D eigenvalue weighted by atomic mass is 9.92. The molecule has 3 aliphatic rings. The van der Waals surface area contributed by atoms with Crippen LogP contribution in [-0.2, 0) is 0 Å². The number of carbonyl (C=O) groups excluding carboxylic acids is 2. The van der Waals surface area contributed by atoms with Crippen LogP contribution >= 0.6 is 0 Å². The van der Waals surface area contributed by atoms with E-state index in [0.717, 1.165) is 30.4 Å². The van der Waals surface area contributed by atoms with Gasteiger partial charge in [0, 0.05) is 11.1 Å². The number of benzene rings is 4. The van der Waals surface area contributed by atoms with Crippen molar-refractivity contribution in [3.8, 4) is 46.0 Å². The van der Waals surface area contributed by atoms with Crippen LogP contribution in [0.25, 0.3) is 0 Å². The Morgan fingerprint density at radius 1 is 0.574 bits per heavy atom. The minimum atomic E-state index is -0.170. The Morgan fingerprint density at radius 3 is 1.47 bits per heavy atom. The molecule has 7 rings (SSSR count). The van der Waals surface area contributed by atoms with Crippen LogP contribution in [0.3, 0.4) is 0 Å². The molecule has 1 fully saturated rings. The zero-order chi connectivity index (χ0) is 32.3. The lowest BCUT2D eigenvalue weighted by Gasteiger charge is -2.17. The summed E-state index contributed by atoms with van der Waals surface area (Å²) in [7, 11) is 3.20. The lowest BCUT2D eigenvalue weighted by Crippen LogP contribution is -2.12. The molecule has 2 heterocycles. The van der Waals surface area contributed by atoms with Crippen LogP contribution in [0.2, 0.25) is 0 Å². The van der Waals surface area contributed by atoms with Crippen molar-refractivity contribution in [1.82, 2.24) is 0 Å². The SMILES string of the molecule is COc1cc(C2CCC(c3ccc(OCC(=O)c4ccc5c(c4)OCO5)c(OC)c3)C2)ccc1OCC(=O)c1ccc2c(c1)OCO2. The second-order valence-electron chi connectivity index (χ2n) is 11.6. The maximum atomic E-state index is 12.8. The van der Waals surface area contributed by atoms with Gasteiger partial charge in [0.05, 0.1) is 14.2 Å². The van der Waals surface area contributed by atoms with Crippen LogP contribution in [0, 0.1) is 0 Å². The Hall–Kier alpha value is -5.38. The van der Waals surface area contributed by atoms with Crippen molar-refractivity contribution < 1.29 is 47.5 Å². The normalized spacial score (nSPS) is 17.3. The molecule has 0 aromatic heterocycles. The van der Waals surface area contributed by atoms with Crippen molar-refractivity contribution in [2.24, 2.45) is 0 Å². The van der Waals surface area contributed by atoms with E-state index in [1.807, 2.05) is 36.4 Å². The highest BCUT2D eigenvalue weighted by Crippen LogP contribution is 2.46. The number of Topliss-reactive ketones (excluding diaryl/α,β-unsaturated/α-hetero) is 2. The predicted molar refractivity (Wildman–Crippen MR) is 170 cm³/mol. The zero-order valence-electron chi connectivity index (χ0n) is 26.1. The molecule has 0 bridgehead atoms. The molecule has 0 N–H and O–H groups in total. The van der Waals surface area contributed by atoms with E-state index in [1.165, 1.54) is 0 Å². The van der Waals surface area contributed by atoms with Crippen molar-refractivity contribution in [2.75, 3.05) is 41.0 Å². The Morgan fingerprint density at radius 2 is 1.02 bits per heavy atom. The van der Waals surface area contributed by atoms with Gasteiger partial charge in [-0.05, 0) is 103 Å². The third-order valence-corrected chi connectivity index (χ3v) is 8.86. The summed E-state index contributed by atoms with van der Waals surface area (Å²) in [4.78, 5) is 25.6. The van der Waals surface area contributed by atoms with Gasteiger partial charge in [-0.3, -0.25) is 9.59 Å². The first-order valence-electron chi connectivity index (χ1n) is 15.5. The van der Waals surface area contributed by atoms with Crippen LogP contribution < -0.4 is 37.9 Å². The van der Waals surface area contributed by atoms with Crippen LogP contribution in [0.15, 0.2) is 72.8 Å². The number of hydrogen-bond acceptors (Lipinski definition) is 10. The van der Waals surface area contributed by atoms with E-state index in [9.17, 15) is 9.59 Å². The molecule has 0 radical (unpaired) electrons. The molecule has 4 aromatic carbocycles. The fourth-order valence-corrected chi connectivity index (χ4v) is 6.29. The number of fused-ring (bicyclic) bond motifs is 2. The quantitative estimate of drug-likeness (QED) is 0.155. The Balaban J connectivity index is 0.960. The van der Waals surface area contributed by atoms with Gasteiger partial charge in [-0.2, -0.15) is 0 Å². The number of carbonyl (C=O) groups is 2. The molecule has 10 nitrogen and oxygen atoms in total. The van der Waals surface area contributed by atoms with E-state index in [1.54, 1.807) is 50.6 Å². The van der Waals surface area contributed by atoms with Crippen molar-refractivity contribution in [2.45, 2.75) is 31.1 Å². The third kappa shape index (κ3) is 6.36. The molecule has 2 unspecified atom stereocenters. The van der Waals surface area contributed by atoms with Gasteiger partial charge in [0.25, 0.3) is 0 Å². The van der Waals surface area contributed by atoms with Crippen molar-refractivity contribution in [3.05, 3.63) is 95.1 Å². The molecule has 0 spiro atoms. The molecular weight excluding hydrogens is 604 g/mol. The molecule has 10 heteroatoms. The van der Waals surface area contributed by atoms with Gasteiger partial charge in [-0.25, -0.2) is 0 Å². The summed E-state index contributed by atoms with van der Waals surface area (Å²) in [5.41, 5.74) is 3.31. The standard InChI is InChI=1S/C37H34O10/c1-40-34-14-24(5-9-30(34)42-18-28(38)26-7-11-32-36(16-26)46-20-44-32)22-3-4-23(13-22)25-6-10-31(35(15-25)41-2)43-19-29(39)27-8-12-33-37(17-27)47-21-45-33/h5-12,14-17,22-23H,3-4,13,18-21H2,1-2H3. The maximum absolute atomic E-state index is 12.8. The average molecular weight is 639 g/mol. The second kappa shape index (κ2) is 13.2. The Labute approximate surface area is 272 Å². The first kappa shape index (κ1) is 30.3. The number of rotatable bonds is 12. The molecule has 1 aliphatic carbocycles. The molecule has 47 heavy (non-hydrogen) atoms. The highest BCUT2D eigenvalue weighted by Gasteiger charge is 2.29. The fraction of sp³-hybridized carbons (Fsp3) is 0.297. The minimum Gasteiger partial charge on any atom is -0.493 e. The van der Waals surface area contributed by atoms with Gasteiger partial charge in [0.15, 0.2) is 70.8 Å². The van der Waals surface area contributed by atoms with E-state index < -0.39 is 0 Å². The van der Waals surface area contributed by atoms with Crippen molar-refractivity contribution in [3.63, 3.8) is 0 Å². The molecule has 1 saturated carbocycles. The summed E-state index contributed by atoms with van der Waals surface area (Å²) < 4.78 is 44.5. The van der Waals surface area contributed by atoms with Crippen LogP contribution in [-0.4, -0.2) is 52.6 Å². The van der Waals surface area contributed by atoms with E-state index in [0.29, 0.717) is 69.0 Å². The summed E-state index contributed by atoms with van der Waals surface area (Å²) >= 11 is 0. The molecule has 2 aliphatic heterocycles. The Kier molecular flexibility index (Phi) is 8.48. The molecule has 2 atom stereocenters. The van der Waals surface area contributed by atoms with Crippen LogP contribution in [0.4, 0.5) is 0 Å². The van der Waals surface area contributed by atoms with Crippen LogP contribution in [0.1, 0.15) is 62.9 Å². The summed E-state index contributed by atoms with van der Waals surface area (Å²) in [6.07, 6.45) is 2.99. The highest BCUT2D eigenvalue weighted by atomic mass is 16.7. The molecule has 0 saturated heterocycles. The van der Waals surface area contributed by atoms with Crippen molar-refractivity contribution in [1.29, 1.82) is 0 Å². The largest absolute Gasteiger partial charge is 0.493 e. The number of methoxy groups -OCH3 is 2. The topological polar surface area (TPSA) is 108 Å². The molecule has 4 aromatic rings. The monoisotopic (exact) mass is 638 g/mol. The number of ketones is 2. The van der Waals surface area contributed by atoms with Gasteiger partial charge in [-0.15, -0.1) is 0 Å². The summed E-state index contributed by atoms with van der Waals surface area (Å²) in [5, 5.41) is 0. The smallest absolute Gasteiger partial charge is 0.231 e. The first-order chi connectivity index (χ1) is 23.0. The predicted octanol–water partition coefficient (Wildman–Crippen LogP) is 6.74. The van der Waals surface area contributed by atoms with Gasteiger partial charge in [0.1, 0.15) is 0 Å². The maximum Gasteiger partial charge on any atom is 0.231 e. The summed E-state index contributed by atoms with van der Waals surface area (Å²) in [6, 6.07) is 22.0. The molecule has 242 valence electrons. The first-order valence-corrected chi connectivity index (χ1v) is 15.5. The Bertz CT molecular complexity index is 1680. The van der Waals surface area contributed by atoms with E-state index in [4.69, 9.17) is 37.9 Å². The zero-order valence-corrected chi connectivity index (χ0v) is 26.1. The van der Waals surface area contributed by atoms with E-state index >= 15 is 0 Å².